The van der Waals surface area contributed by atoms with Crippen molar-refractivity contribution < 1.29 is 27.7 Å². The number of Topliss-reactive ketones (excluding diaryl/α,β-unsaturated/α-hetero) is 1. The molecule has 2 amide bonds. The van der Waals surface area contributed by atoms with Crippen molar-refractivity contribution in [2.75, 3.05) is 31.1 Å². The molecule has 0 spiro atoms. The summed E-state index contributed by atoms with van der Waals surface area (Å²) in [5.74, 6) is -0.748. The largest absolute Gasteiger partial charge is 0.322 e. The Labute approximate surface area is 187 Å². The maximum absolute atomic E-state index is 13.1. The van der Waals surface area contributed by atoms with Gasteiger partial charge in [0, 0.05) is 5.56 Å². The minimum atomic E-state index is -3.59. The lowest BCUT2D eigenvalue weighted by Crippen LogP contribution is -3.19. The van der Waals surface area contributed by atoms with Gasteiger partial charge in [-0.05, 0) is 38.1 Å². The number of carbonyl (C=O) groups is 3. The number of nitrogens with zero attached hydrogens (tertiary/aromatic N) is 2. The molecule has 168 valence electrons. The highest BCUT2D eigenvalue weighted by molar-refractivity contribution is 7.89. The summed E-state index contributed by atoms with van der Waals surface area (Å²) in [4.78, 5) is 39.7. The lowest BCUT2D eigenvalue weighted by atomic mass is 10.1. The Morgan fingerprint density at radius 1 is 1.03 bits per heavy atom. The standard InChI is InChI=1S/C23H25N3O5S/c1-16-6-8-20(9-7-16)32(30,31)25-12-10-24(11-13-25)21-15-22(28)26(23(21)29)19-5-3-4-18(14-19)17(2)27/h3-9,14,21H,10-13,15H2,1-2H3/p+1/t21-/m0/s1. The lowest BCUT2D eigenvalue weighted by Gasteiger charge is -2.33. The summed E-state index contributed by atoms with van der Waals surface area (Å²) in [7, 11) is -3.59. The highest BCUT2D eigenvalue weighted by atomic mass is 32.2. The number of hydrogen-bond donors (Lipinski definition) is 1. The fraction of sp³-hybridized carbons (Fsp3) is 0.348. The maximum atomic E-state index is 13.1. The van der Waals surface area contributed by atoms with Gasteiger partial charge < -0.3 is 4.90 Å². The number of hydrogen-bond acceptors (Lipinski definition) is 5. The first-order chi connectivity index (χ1) is 15.2. The Morgan fingerprint density at radius 2 is 1.69 bits per heavy atom. The summed E-state index contributed by atoms with van der Waals surface area (Å²) >= 11 is 0. The highest BCUT2D eigenvalue weighted by Gasteiger charge is 2.47. The molecule has 2 fully saturated rings. The molecule has 0 aliphatic carbocycles. The monoisotopic (exact) mass is 456 g/mol. The Balaban J connectivity index is 1.46. The molecule has 4 rings (SSSR count). The third kappa shape index (κ3) is 4.11. The molecular weight excluding hydrogens is 430 g/mol. The van der Waals surface area contributed by atoms with Gasteiger partial charge in [-0.3, -0.25) is 14.4 Å². The number of benzene rings is 2. The third-order valence-corrected chi connectivity index (χ3v) is 8.09. The van der Waals surface area contributed by atoms with Crippen molar-refractivity contribution >= 4 is 33.3 Å². The van der Waals surface area contributed by atoms with Crippen molar-refractivity contribution in [1.82, 2.24) is 4.31 Å². The van der Waals surface area contributed by atoms with Gasteiger partial charge in [0.2, 0.25) is 15.9 Å². The fourth-order valence-electron chi connectivity index (χ4n) is 4.31. The Bertz CT molecular complexity index is 1170. The van der Waals surface area contributed by atoms with Crippen molar-refractivity contribution in [3.05, 3.63) is 59.7 Å². The zero-order valence-electron chi connectivity index (χ0n) is 18.1. The molecule has 0 aromatic heterocycles. The number of sulfonamides is 1. The normalized spacial score (nSPS) is 20.7. The quantitative estimate of drug-likeness (QED) is 0.520. The van der Waals surface area contributed by atoms with Crippen LogP contribution >= 0.6 is 0 Å². The Hall–Kier alpha value is -2.88. The van der Waals surface area contributed by atoms with Crippen LogP contribution in [0.2, 0.25) is 0 Å². The van der Waals surface area contributed by atoms with E-state index in [4.69, 9.17) is 0 Å². The van der Waals surface area contributed by atoms with Gasteiger partial charge >= 0.3 is 0 Å². The van der Waals surface area contributed by atoms with E-state index in [1.54, 1.807) is 48.5 Å². The average molecular weight is 457 g/mol. The van der Waals surface area contributed by atoms with Crippen LogP contribution in [0.3, 0.4) is 0 Å². The molecule has 32 heavy (non-hydrogen) atoms. The second kappa shape index (κ2) is 8.57. The van der Waals surface area contributed by atoms with Gasteiger partial charge in [0.05, 0.1) is 43.2 Å². The van der Waals surface area contributed by atoms with E-state index in [9.17, 15) is 22.8 Å². The second-order valence-corrected chi connectivity index (χ2v) is 10.2. The van der Waals surface area contributed by atoms with Crippen molar-refractivity contribution in [3.8, 4) is 0 Å². The number of rotatable bonds is 5. The van der Waals surface area contributed by atoms with Crippen LogP contribution in [0.1, 0.15) is 29.3 Å². The Kier molecular flexibility index (Phi) is 5.98. The van der Waals surface area contributed by atoms with Crippen molar-refractivity contribution in [2.24, 2.45) is 0 Å². The zero-order valence-corrected chi connectivity index (χ0v) is 18.9. The number of ketones is 1. The number of carbonyl (C=O) groups excluding carboxylic acids is 3. The van der Waals surface area contributed by atoms with E-state index >= 15 is 0 Å². The molecule has 2 aromatic rings. The van der Waals surface area contributed by atoms with Crippen molar-refractivity contribution in [2.45, 2.75) is 31.2 Å². The van der Waals surface area contributed by atoms with E-state index < -0.39 is 16.1 Å². The van der Waals surface area contributed by atoms with Crippen molar-refractivity contribution in [1.29, 1.82) is 0 Å². The number of aryl methyl sites for hydroxylation is 1. The first-order valence-corrected chi connectivity index (χ1v) is 12.0. The minimum Gasteiger partial charge on any atom is -0.322 e. The fourth-order valence-corrected chi connectivity index (χ4v) is 5.75. The minimum absolute atomic E-state index is 0.0726. The predicted molar refractivity (Wildman–Crippen MR) is 118 cm³/mol. The van der Waals surface area contributed by atoms with Gasteiger partial charge in [0.1, 0.15) is 0 Å². The van der Waals surface area contributed by atoms with E-state index in [-0.39, 0.29) is 42.0 Å². The summed E-state index contributed by atoms with van der Waals surface area (Å²) in [5, 5.41) is 0. The van der Waals surface area contributed by atoms with E-state index in [0.29, 0.717) is 24.3 Å². The van der Waals surface area contributed by atoms with Crippen molar-refractivity contribution in [3.63, 3.8) is 0 Å². The number of anilines is 1. The molecule has 9 heteroatoms. The smallest absolute Gasteiger partial charge is 0.292 e. The molecule has 0 bridgehead atoms. The van der Waals surface area contributed by atoms with Gasteiger partial charge in [-0.2, -0.15) is 4.31 Å². The third-order valence-electron chi connectivity index (χ3n) is 6.17. The van der Waals surface area contributed by atoms with Crippen LogP contribution < -0.4 is 9.80 Å². The zero-order chi connectivity index (χ0) is 23.0. The molecule has 2 heterocycles. The molecule has 2 saturated heterocycles. The Morgan fingerprint density at radius 3 is 2.31 bits per heavy atom. The topological polar surface area (TPSA) is 96.3 Å². The average Bonchev–Trinajstić information content (AvgIpc) is 3.08. The number of nitrogens with one attached hydrogen (secondary N) is 1. The molecule has 2 aromatic carbocycles. The van der Waals surface area contributed by atoms with Crippen LogP contribution in [-0.2, 0) is 19.6 Å². The molecular formula is C23H26N3O5S+. The first-order valence-electron chi connectivity index (χ1n) is 10.6. The van der Waals surface area contributed by atoms with Crippen LogP contribution in [0.15, 0.2) is 53.4 Å². The maximum Gasteiger partial charge on any atom is 0.292 e. The molecule has 8 nitrogen and oxygen atoms in total. The number of piperazine rings is 1. The SMILES string of the molecule is CC(=O)c1cccc(N2C(=O)C[C@H]([NH+]3CCN(S(=O)(=O)c4ccc(C)cc4)CC3)C2=O)c1. The summed E-state index contributed by atoms with van der Waals surface area (Å²) in [6.07, 6.45) is 0.0726. The molecule has 0 saturated carbocycles. The van der Waals surface area contributed by atoms with Crippen LogP contribution in [0.5, 0.6) is 0 Å². The first kappa shape index (κ1) is 22.3. The van der Waals surface area contributed by atoms with Gasteiger partial charge in [-0.15, -0.1) is 0 Å². The van der Waals surface area contributed by atoms with E-state index in [1.165, 1.54) is 11.2 Å². The summed E-state index contributed by atoms with van der Waals surface area (Å²) < 4.78 is 27.3. The van der Waals surface area contributed by atoms with Gasteiger partial charge in [0.25, 0.3) is 5.91 Å². The predicted octanol–water partition coefficient (Wildman–Crippen LogP) is 0.419. The molecule has 1 N–H and O–H groups in total. The van der Waals surface area contributed by atoms with Gasteiger partial charge in [-0.25, -0.2) is 13.3 Å². The molecule has 2 aliphatic heterocycles. The van der Waals surface area contributed by atoms with E-state index in [0.717, 1.165) is 15.4 Å². The second-order valence-electron chi connectivity index (χ2n) is 8.31. The molecule has 1 atom stereocenters. The van der Waals surface area contributed by atoms with Gasteiger partial charge in [-0.1, -0.05) is 29.8 Å². The summed E-state index contributed by atoms with van der Waals surface area (Å²) in [5.41, 5.74) is 1.82. The molecule has 0 unspecified atom stereocenters. The van der Waals surface area contributed by atoms with Gasteiger partial charge in [0.15, 0.2) is 11.8 Å². The van der Waals surface area contributed by atoms with Crippen LogP contribution in [0, 0.1) is 6.92 Å². The molecule has 0 radical (unpaired) electrons. The summed E-state index contributed by atoms with van der Waals surface area (Å²) in [6.45, 7) is 4.78. The summed E-state index contributed by atoms with van der Waals surface area (Å²) in [6, 6.07) is 12.7. The highest BCUT2D eigenvalue weighted by Crippen LogP contribution is 2.24. The number of amides is 2. The molecule has 2 aliphatic rings. The van der Waals surface area contributed by atoms with E-state index in [2.05, 4.69) is 0 Å². The number of quaternary nitrogens is 1. The number of imide groups is 1. The van der Waals surface area contributed by atoms with E-state index in [1.807, 2.05) is 6.92 Å². The van der Waals surface area contributed by atoms with Crippen LogP contribution in [-0.4, -0.2) is 62.5 Å². The van der Waals surface area contributed by atoms with Crippen LogP contribution in [0.4, 0.5) is 5.69 Å². The lowest BCUT2D eigenvalue weighted by molar-refractivity contribution is -0.918. The van der Waals surface area contributed by atoms with Crippen LogP contribution in [0.25, 0.3) is 0 Å².